The van der Waals surface area contributed by atoms with Gasteiger partial charge >= 0.3 is 0 Å². The molecule has 0 aliphatic heterocycles. The standard InChI is InChI=1S/C12H15NO/c1-10-5-4-6-11(9-10)7-8-12(14)13(2)3/h4-9H,1-3H3/b8-7+. The van der Waals surface area contributed by atoms with E-state index < -0.39 is 0 Å². The lowest BCUT2D eigenvalue weighted by Crippen LogP contribution is -2.18. The zero-order valence-corrected chi connectivity index (χ0v) is 8.82. The van der Waals surface area contributed by atoms with Crippen LogP contribution in [0.5, 0.6) is 0 Å². The van der Waals surface area contributed by atoms with Gasteiger partial charge in [0.2, 0.25) is 5.91 Å². The van der Waals surface area contributed by atoms with Crippen molar-refractivity contribution in [1.29, 1.82) is 0 Å². The molecule has 2 nitrogen and oxygen atoms in total. The average Bonchev–Trinajstić information content (AvgIpc) is 2.14. The zero-order chi connectivity index (χ0) is 10.6. The van der Waals surface area contributed by atoms with E-state index in [-0.39, 0.29) is 5.91 Å². The minimum Gasteiger partial charge on any atom is -0.345 e. The largest absolute Gasteiger partial charge is 0.345 e. The molecule has 0 aliphatic carbocycles. The average molecular weight is 189 g/mol. The Balaban J connectivity index is 2.74. The lowest BCUT2D eigenvalue weighted by atomic mass is 10.1. The number of nitrogens with zero attached hydrogens (tertiary/aromatic N) is 1. The lowest BCUT2D eigenvalue weighted by molar-refractivity contribution is -0.123. The summed E-state index contributed by atoms with van der Waals surface area (Å²) < 4.78 is 0. The van der Waals surface area contributed by atoms with E-state index in [4.69, 9.17) is 0 Å². The summed E-state index contributed by atoms with van der Waals surface area (Å²) in [6, 6.07) is 8.03. The maximum atomic E-state index is 11.2. The van der Waals surface area contributed by atoms with Crippen molar-refractivity contribution >= 4 is 12.0 Å². The number of amides is 1. The first-order valence-electron chi connectivity index (χ1n) is 4.55. The first-order chi connectivity index (χ1) is 6.59. The summed E-state index contributed by atoms with van der Waals surface area (Å²) in [5.41, 5.74) is 2.25. The molecule has 0 aliphatic rings. The van der Waals surface area contributed by atoms with Gasteiger partial charge in [0.15, 0.2) is 0 Å². The molecule has 1 amide bonds. The van der Waals surface area contributed by atoms with Gasteiger partial charge in [-0.2, -0.15) is 0 Å². The number of hydrogen-bond acceptors (Lipinski definition) is 1. The van der Waals surface area contributed by atoms with Crippen LogP contribution in [0.3, 0.4) is 0 Å². The Kier molecular flexibility index (Phi) is 3.46. The van der Waals surface area contributed by atoms with E-state index in [0.717, 1.165) is 5.56 Å². The first-order valence-corrected chi connectivity index (χ1v) is 4.55. The monoisotopic (exact) mass is 189 g/mol. The molecule has 2 heteroatoms. The van der Waals surface area contributed by atoms with Crippen LogP contribution in [0.4, 0.5) is 0 Å². The van der Waals surface area contributed by atoms with Gasteiger partial charge in [-0.05, 0) is 18.6 Å². The maximum absolute atomic E-state index is 11.2. The van der Waals surface area contributed by atoms with Crippen LogP contribution in [0.2, 0.25) is 0 Å². The molecule has 0 fully saturated rings. The summed E-state index contributed by atoms with van der Waals surface area (Å²) in [5, 5.41) is 0. The Morgan fingerprint density at radius 3 is 2.64 bits per heavy atom. The second-order valence-electron chi connectivity index (χ2n) is 3.48. The van der Waals surface area contributed by atoms with Crippen molar-refractivity contribution in [3.63, 3.8) is 0 Å². The van der Waals surface area contributed by atoms with Gasteiger partial charge in [0, 0.05) is 20.2 Å². The second kappa shape index (κ2) is 4.61. The van der Waals surface area contributed by atoms with Crippen LogP contribution >= 0.6 is 0 Å². The van der Waals surface area contributed by atoms with E-state index >= 15 is 0 Å². The topological polar surface area (TPSA) is 20.3 Å². The number of likely N-dealkylation sites (N-methyl/N-ethyl adjacent to an activating group) is 1. The minimum atomic E-state index is 0.00602. The van der Waals surface area contributed by atoms with Gasteiger partial charge < -0.3 is 4.90 Å². The number of carbonyl (C=O) groups is 1. The van der Waals surface area contributed by atoms with Crippen molar-refractivity contribution in [2.75, 3.05) is 14.1 Å². The lowest BCUT2D eigenvalue weighted by Gasteiger charge is -2.05. The summed E-state index contributed by atoms with van der Waals surface area (Å²) in [4.78, 5) is 12.8. The van der Waals surface area contributed by atoms with Gasteiger partial charge in [-0.25, -0.2) is 0 Å². The van der Waals surface area contributed by atoms with Crippen LogP contribution in [0.1, 0.15) is 11.1 Å². The van der Waals surface area contributed by atoms with Crippen LogP contribution in [0.25, 0.3) is 6.08 Å². The van der Waals surface area contributed by atoms with Crippen LogP contribution in [-0.2, 0) is 4.79 Å². The fourth-order valence-corrected chi connectivity index (χ4v) is 1.09. The molecule has 0 saturated carbocycles. The highest BCUT2D eigenvalue weighted by atomic mass is 16.2. The van der Waals surface area contributed by atoms with E-state index in [0.29, 0.717) is 0 Å². The summed E-state index contributed by atoms with van der Waals surface area (Å²) in [6.07, 6.45) is 3.41. The third kappa shape index (κ3) is 3.05. The molecular weight excluding hydrogens is 174 g/mol. The molecule has 1 rings (SSSR count). The number of carbonyl (C=O) groups excluding carboxylic acids is 1. The van der Waals surface area contributed by atoms with Crippen molar-refractivity contribution in [3.8, 4) is 0 Å². The van der Waals surface area contributed by atoms with Gasteiger partial charge in [-0.15, -0.1) is 0 Å². The number of aryl methyl sites for hydroxylation is 1. The molecule has 0 heterocycles. The Bertz CT molecular complexity index is 353. The fraction of sp³-hybridized carbons (Fsp3) is 0.250. The predicted molar refractivity (Wildman–Crippen MR) is 58.9 cm³/mol. The van der Waals surface area contributed by atoms with Gasteiger partial charge in [0.05, 0.1) is 0 Å². The Morgan fingerprint density at radius 1 is 1.36 bits per heavy atom. The summed E-state index contributed by atoms with van der Waals surface area (Å²) >= 11 is 0. The van der Waals surface area contributed by atoms with Crippen molar-refractivity contribution < 1.29 is 4.79 Å². The van der Waals surface area contributed by atoms with Crippen molar-refractivity contribution in [3.05, 3.63) is 41.5 Å². The van der Waals surface area contributed by atoms with Crippen LogP contribution in [0, 0.1) is 6.92 Å². The molecule has 0 aromatic heterocycles. The van der Waals surface area contributed by atoms with Gasteiger partial charge in [0.25, 0.3) is 0 Å². The molecule has 0 N–H and O–H groups in total. The number of benzene rings is 1. The van der Waals surface area contributed by atoms with Crippen molar-refractivity contribution in [1.82, 2.24) is 4.90 Å². The van der Waals surface area contributed by atoms with Crippen LogP contribution in [-0.4, -0.2) is 24.9 Å². The Morgan fingerprint density at radius 2 is 2.07 bits per heavy atom. The predicted octanol–water partition coefficient (Wildman–Crippen LogP) is 2.10. The number of hydrogen-bond donors (Lipinski definition) is 0. The molecule has 0 bridgehead atoms. The SMILES string of the molecule is Cc1cccc(/C=C/C(=O)N(C)C)c1. The normalized spacial score (nSPS) is 10.5. The third-order valence-electron chi connectivity index (χ3n) is 1.90. The quantitative estimate of drug-likeness (QED) is 0.652. The Hall–Kier alpha value is -1.57. The highest BCUT2D eigenvalue weighted by molar-refractivity contribution is 5.91. The van der Waals surface area contributed by atoms with E-state index in [1.165, 1.54) is 5.56 Å². The summed E-state index contributed by atoms with van der Waals surface area (Å²) in [7, 11) is 3.48. The fourth-order valence-electron chi connectivity index (χ4n) is 1.09. The molecular formula is C12H15NO. The smallest absolute Gasteiger partial charge is 0.246 e. The zero-order valence-electron chi connectivity index (χ0n) is 8.82. The molecule has 74 valence electrons. The minimum absolute atomic E-state index is 0.00602. The van der Waals surface area contributed by atoms with E-state index in [1.54, 1.807) is 25.1 Å². The molecule has 1 aromatic carbocycles. The molecule has 0 saturated heterocycles. The second-order valence-corrected chi connectivity index (χ2v) is 3.48. The van der Waals surface area contributed by atoms with Gasteiger partial charge in [-0.3, -0.25) is 4.79 Å². The highest BCUT2D eigenvalue weighted by Gasteiger charge is 1.96. The number of rotatable bonds is 2. The van der Waals surface area contributed by atoms with E-state index in [2.05, 4.69) is 0 Å². The van der Waals surface area contributed by atoms with E-state index in [9.17, 15) is 4.79 Å². The molecule has 0 atom stereocenters. The molecule has 0 spiro atoms. The van der Waals surface area contributed by atoms with Gasteiger partial charge in [0.1, 0.15) is 0 Å². The first kappa shape index (κ1) is 10.5. The maximum Gasteiger partial charge on any atom is 0.246 e. The van der Waals surface area contributed by atoms with Crippen LogP contribution in [0.15, 0.2) is 30.3 Å². The molecule has 14 heavy (non-hydrogen) atoms. The third-order valence-corrected chi connectivity index (χ3v) is 1.90. The Labute approximate surface area is 84.9 Å². The van der Waals surface area contributed by atoms with Gasteiger partial charge in [-0.1, -0.05) is 29.8 Å². The molecule has 0 unspecified atom stereocenters. The molecule has 0 radical (unpaired) electrons. The van der Waals surface area contributed by atoms with E-state index in [1.807, 2.05) is 37.3 Å². The van der Waals surface area contributed by atoms with Crippen molar-refractivity contribution in [2.45, 2.75) is 6.92 Å². The summed E-state index contributed by atoms with van der Waals surface area (Å²) in [5.74, 6) is 0.00602. The van der Waals surface area contributed by atoms with Crippen molar-refractivity contribution in [2.24, 2.45) is 0 Å². The summed E-state index contributed by atoms with van der Waals surface area (Å²) in [6.45, 7) is 2.03. The highest BCUT2D eigenvalue weighted by Crippen LogP contribution is 2.05. The van der Waals surface area contributed by atoms with Crippen LogP contribution < -0.4 is 0 Å². The molecule has 1 aromatic rings.